The summed E-state index contributed by atoms with van der Waals surface area (Å²) in [7, 11) is 11.6. The Hall–Kier alpha value is -15.5. The van der Waals surface area contributed by atoms with E-state index in [2.05, 4.69) is 72.1 Å². The Morgan fingerprint density at radius 3 is 1.34 bits per heavy atom. The molecule has 0 atom stereocenters. The third kappa shape index (κ3) is 25.5. The lowest BCUT2D eigenvalue weighted by atomic mass is 10.0. The number of likely N-dealkylation sites (N-methyl/N-ethyl adjacent to an activating group) is 3. The van der Waals surface area contributed by atoms with Crippen LogP contribution < -0.4 is 37.2 Å². The van der Waals surface area contributed by atoms with E-state index in [1.54, 1.807) is 116 Å². The smallest absolute Gasteiger partial charge is 0.255 e. The molecule has 0 bridgehead atoms. The molecule has 4 amide bonds. The Balaban J connectivity index is 0.000000169. The number of hydrogen-bond donors (Lipinski definition) is 7. The van der Waals surface area contributed by atoms with Crippen molar-refractivity contribution in [3.8, 4) is 45.0 Å². The van der Waals surface area contributed by atoms with Gasteiger partial charge in [-0.15, -0.1) is 0 Å². The van der Waals surface area contributed by atoms with Crippen LogP contribution in [0.25, 0.3) is 50.5 Å². The summed E-state index contributed by atoms with van der Waals surface area (Å²) in [6, 6.07) is 68.9. The van der Waals surface area contributed by atoms with Crippen LogP contribution >= 0.6 is 0 Å². The molecule has 0 saturated heterocycles. The summed E-state index contributed by atoms with van der Waals surface area (Å²) in [4.78, 5) is 117. The van der Waals surface area contributed by atoms with Gasteiger partial charge in [0.25, 0.3) is 17.7 Å². The number of amides is 4. The standard InChI is InChI=1S/C37H33N7O2.C30H30N6O2.C29H29N7O2/c1-43(2)22-9-14-31(45)25-26-10-8-13-28(24-26)36(46)39-29-16-18-30(19-17-29)40-37-38-21-20-32(41-37)34-33-15-6-7-23-44(33)42-35(34)27-11-4-3-5-12-27;1-21-8-9-22(18-26(37)7-5-17-36(2)3)19-27(21)29(38)33-24-10-12-25(13-11-24)34-30-32-16-14-28(35-30)23-6-4-15-31-20-23;1-20-8-9-21(18-26(20)34-27(37)7-5-17-36(2)3)28(38)32-23-10-12-24(13-11-23)33-29-31-16-14-25(35-29)22-6-4-15-30-19-22/h3-21,23-24H,22,25H2,1-2H3,(H,39,46)(H,38,40,41);4-16,19-20H,17-18H2,1-3H3,(H,33,38)(H,32,34,35);4-16,18-19H,17H2,1-3H3,(H,32,38)(H,34,37)(H,31,33,35)/b14-9+;2*7-5+. The predicted octanol–water partition coefficient (Wildman–Crippen LogP) is 16.7. The Morgan fingerprint density at radius 2 is 0.836 bits per heavy atom. The van der Waals surface area contributed by atoms with E-state index < -0.39 is 0 Å². The maximum absolute atomic E-state index is 13.0. The van der Waals surface area contributed by atoms with Gasteiger partial charge in [0, 0.05) is 161 Å². The van der Waals surface area contributed by atoms with Gasteiger partial charge in [-0.2, -0.15) is 5.10 Å². The van der Waals surface area contributed by atoms with Crippen molar-refractivity contribution >= 4 is 98.4 Å². The van der Waals surface area contributed by atoms with Crippen LogP contribution in [0.2, 0.25) is 0 Å². The summed E-state index contributed by atoms with van der Waals surface area (Å²) in [6.07, 6.45) is 24.6. The maximum atomic E-state index is 13.0. The van der Waals surface area contributed by atoms with Gasteiger partial charge >= 0.3 is 0 Å². The third-order valence-electron chi connectivity index (χ3n) is 18.5. The number of nitrogens with zero attached hydrogens (tertiary/aromatic N) is 13. The number of fused-ring (bicyclic) bond motifs is 1. The summed E-state index contributed by atoms with van der Waals surface area (Å²) >= 11 is 0. The third-order valence-corrected chi connectivity index (χ3v) is 18.5. The van der Waals surface area contributed by atoms with Crippen LogP contribution in [-0.4, -0.2) is 161 Å². The minimum absolute atomic E-state index is 0.0000940. The largest absolute Gasteiger partial charge is 0.324 e. The first kappa shape index (κ1) is 85.8. The lowest BCUT2D eigenvalue weighted by Crippen LogP contribution is -2.15. The SMILES string of the molecule is CN(C)C/C=C/C(=O)Cc1cccc(C(=O)Nc2ccc(Nc3nccc(-c4c(-c5ccccc5)nn5ccccc45)n3)cc2)c1.Cc1ccc(C(=O)Nc2ccc(Nc3nccc(-c4cccnc4)n3)cc2)cc1NC(=O)/C=C/CN(C)C.Cc1ccc(CC(=O)/C=C/CN(C)C)cc1C(=O)Nc1ccc(Nc2nccc(-c3cccnc3)n2)cc1. The summed E-state index contributed by atoms with van der Waals surface area (Å²) in [5.41, 5.74) is 17.3. The number of carbonyl (C=O) groups is 6. The number of aryl methyl sites for hydroxylation is 2. The minimum atomic E-state index is -0.281. The number of nitrogens with one attached hydrogen (secondary N) is 7. The summed E-state index contributed by atoms with van der Waals surface area (Å²) < 4.78 is 1.86. The van der Waals surface area contributed by atoms with Gasteiger partial charge in [-0.25, -0.2) is 34.4 Å². The average molecular weight is 1620 g/mol. The number of aromatic nitrogens is 10. The van der Waals surface area contributed by atoms with Gasteiger partial charge in [-0.3, -0.25) is 38.7 Å². The molecule has 14 rings (SSSR count). The highest BCUT2D eigenvalue weighted by Crippen LogP contribution is 2.35. The quantitative estimate of drug-likeness (QED) is 0.0206. The molecule has 14 aromatic rings. The Labute approximate surface area is 707 Å². The number of rotatable bonds is 30. The lowest BCUT2D eigenvalue weighted by molar-refractivity contribution is -0.114. The average Bonchev–Trinajstić information content (AvgIpc) is 1.62. The molecule has 0 aliphatic carbocycles. The molecule has 0 saturated carbocycles. The van der Waals surface area contributed by atoms with E-state index in [9.17, 15) is 28.8 Å². The molecule has 0 fully saturated rings. The molecule has 612 valence electrons. The fourth-order valence-electron chi connectivity index (χ4n) is 12.3. The van der Waals surface area contributed by atoms with Gasteiger partial charge in [0.15, 0.2) is 11.6 Å². The number of ketones is 2. The van der Waals surface area contributed by atoms with E-state index in [1.807, 2.05) is 264 Å². The van der Waals surface area contributed by atoms with E-state index >= 15 is 0 Å². The van der Waals surface area contributed by atoms with Gasteiger partial charge < -0.3 is 51.9 Å². The zero-order valence-corrected chi connectivity index (χ0v) is 68.7. The fraction of sp³-hybridized carbons (Fsp3) is 0.135. The Morgan fingerprint density at radius 1 is 0.385 bits per heavy atom. The molecule has 7 aromatic heterocycles. The molecule has 7 N–H and O–H groups in total. The molecular formula is C96H92N20O6. The predicted molar refractivity (Wildman–Crippen MR) is 483 cm³/mol. The van der Waals surface area contributed by atoms with Crippen LogP contribution in [-0.2, 0) is 27.2 Å². The van der Waals surface area contributed by atoms with Crippen LogP contribution in [0.1, 0.15) is 53.3 Å². The molecule has 7 aromatic carbocycles. The van der Waals surface area contributed by atoms with Crippen molar-refractivity contribution < 1.29 is 28.8 Å². The van der Waals surface area contributed by atoms with Gasteiger partial charge in [0.2, 0.25) is 23.8 Å². The topological polar surface area (TPSA) is 317 Å². The highest BCUT2D eigenvalue weighted by molar-refractivity contribution is 6.08. The highest BCUT2D eigenvalue weighted by Gasteiger charge is 2.20. The van der Waals surface area contributed by atoms with Crippen molar-refractivity contribution in [2.45, 2.75) is 26.7 Å². The number of benzene rings is 7. The molecule has 26 heteroatoms. The van der Waals surface area contributed by atoms with E-state index in [0.717, 1.165) is 89.9 Å². The summed E-state index contributed by atoms with van der Waals surface area (Å²) in [6.45, 7) is 5.81. The first-order chi connectivity index (χ1) is 59.2. The number of anilines is 10. The molecule has 0 aliphatic heterocycles. The first-order valence-corrected chi connectivity index (χ1v) is 39.2. The van der Waals surface area contributed by atoms with Crippen molar-refractivity contribution in [3.05, 3.63) is 349 Å². The fourth-order valence-corrected chi connectivity index (χ4v) is 12.3. The second kappa shape index (κ2) is 42.6. The summed E-state index contributed by atoms with van der Waals surface area (Å²) in [5.74, 6) is 0.335. The van der Waals surface area contributed by atoms with Crippen LogP contribution in [0.4, 0.5) is 57.7 Å². The molecule has 7 heterocycles. The minimum Gasteiger partial charge on any atom is -0.324 e. The number of pyridine rings is 3. The number of hydrogen-bond acceptors (Lipinski definition) is 21. The molecular weight excluding hydrogens is 1530 g/mol. The van der Waals surface area contributed by atoms with E-state index in [-0.39, 0.29) is 48.0 Å². The Kier molecular flexibility index (Phi) is 30.0. The van der Waals surface area contributed by atoms with Crippen LogP contribution in [0.15, 0.2) is 310 Å². The van der Waals surface area contributed by atoms with Crippen molar-refractivity contribution in [2.24, 2.45) is 0 Å². The zero-order chi connectivity index (χ0) is 85.7. The van der Waals surface area contributed by atoms with E-state index in [4.69, 9.17) is 10.1 Å². The molecule has 0 unspecified atom stereocenters. The van der Waals surface area contributed by atoms with Crippen molar-refractivity contribution in [3.63, 3.8) is 0 Å². The van der Waals surface area contributed by atoms with E-state index in [0.29, 0.717) is 76.9 Å². The van der Waals surface area contributed by atoms with Gasteiger partial charge in [-0.1, -0.05) is 85.0 Å². The van der Waals surface area contributed by atoms with Gasteiger partial charge in [-0.05, 0) is 248 Å². The lowest BCUT2D eigenvalue weighted by Gasteiger charge is -2.11. The number of allylic oxidation sites excluding steroid dienone is 2. The Bertz CT molecular complexity index is 6040. The maximum Gasteiger partial charge on any atom is 0.255 e. The summed E-state index contributed by atoms with van der Waals surface area (Å²) in [5, 5.41) is 26.1. The zero-order valence-electron chi connectivity index (χ0n) is 68.7. The van der Waals surface area contributed by atoms with Gasteiger partial charge in [0.1, 0.15) is 5.69 Å². The first-order valence-electron chi connectivity index (χ1n) is 39.2. The monoisotopic (exact) mass is 1620 g/mol. The second-order valence-electron chi connectivity index (χ2n) is 29.0. The molecule has 26 nitrogen and oxygen atoms in total. The van der Waals surface area contributed by atoms with Crippen LogP contribution in [0, 0.1) is 13.8 Å². The molecule has 122 heavy (non-hydrogen) atoms. The van der Waals surface area contributed by atoms with Crippen molar-refractivity contribution in [1.29, 1.82) is 0 Å². The molecule has 0 aliphatic rings. The molecule has 0 spiro atoms. The van der Waals surface area contributed by atoms with Crippen molar-refractivity contribution in [2.75, 3.05) is 99.1 Å². The molecule has 0 radical (unpaired) electrons. The highest BCUT2D eigenvalue weighted by atomic mass is 16.2. The van der Waals surface area contributed by atoms with Crippen LogP contribution in [0.3, 0.4) is 0 Å². The van der Waals surface area contributed by atoms with Crippen molar-refractivity contribution in [1.82, 2.24) is 64.2 Å². The second-order valence-corrected chi connectivity index (χ2v) is 29.0. The van der Waals surface area contributed by atoms with Gasteiger partial charge in [0.05, 0.1) is 28.2 Å². The van der Waals surface area contributed by atoms with Crippen LogP contribution in [0.5, 0.6) is 0 Å². The number of carbonyl (C=O) groups excluding carboxylic acids is 6. The normalized spacial score (nSPS) is 11.1. The van der Waals surface area contributed by atoms with E-state index in [1.165, 1.54) is 6.08 Å².